The van der Waals surface area contributed by atoms with Gasteiger partial charge >= 0.3 is 6.09 Å². The van der Waals surface area contributed by atoms with Crippen LogP contribution in [0.4, 0.5) is 4.79 Å². The van der Waals surface area contributed by atoms with Crippen LogP contribution in [0.3, 0.4) is 0 Å². The molecule has 0 radical (unpaired) electrons. The van der Waals surface area contributed by atoms with Gasteiger partial charge in [-0.15, -0.1) is 0 Å². The molecular weight excluding hydrogens is 382 g/mol. The second kappa shape index (κ2) is 7.75. The molecule has 1 heterocycles. The highest BCUT2D eigenvalue weighted by atomic mass is 79.9. The summed E-state index contributed by atoms with van der Waals surface area (Å²) in [6.07, 6.45) is 1.60. The largest absolute Gasteiger partial charge is 0.492 e. The van der Waals surface area contributed by atoms with Crippen molar-refractivity contribution in [3.8, 4) is 5.75 Å². The van der Waals surface area contributed by atoms with Crippen molar-refractivity contribution in [2.24, 2.45) is 5.92 Å². The van der Waals surface area contributed by atoms with Crippen molar-refractivity contribution in [2.45, 2.75) is 39.2 Å². The Balaban J connectivity index is 1.79. The lowest BCUT2D eigenvalue weighted by Crippen LogP contribution is -2.42. The van der Waals surface area contributed by atoms with Gasteiger partial charge in [0.15, 0.2) is 0 Å². The van der Waals surface area contributed by atoms with Crippen molar-refractivity contribution in [1.29, 1.82) is 0 Å². The van der Waals surface area contributed by atoms with E-state index in [1.54, 1.807) is 4.90 Å². The number of benzene rings is 1. The molecule has 0 unspecified atom stereocenters. The molecule has 6 heteroatoms. The molecule has 1 aliphatic rings. The SMILES string of the molecule is CC(C)(C)OC(=O)N1CCC(COc2cc(Cl)ccc2Br)CC1. The number of hydrogen-bond acceptors (Lipinski definition) is 3. The monoisotopic (exact) mass is 403 g/mol. The molecule has 23 heavy (non-hydrogen) atoms. The minimum atomic E-state index is -0.449. The summed E-state index contributed by atoms with van der Waals surface area (Å²) in [5.41, 5.74) is -0.449. The maximum absolute atomic E-state index is 12.0. The van der Waals surface area contributed by atoms with E-state index in [4.69, 9.17) is 21.1 Å². The van der Waals surface area contributed by atoms with E-state index in [9.17, 15) is 4.79 Å². The Morgan fingerprint density at radius 1 is 1.35 bits per heavy atom. The zero-order valence-electron chi connectivity index (χ0n) is 13.8. The number of nitrogens with zero attached hydrogens (tertiary/aromatic N) is 1. The van der Waals surface area contributed by atoms with Gasteiger partial charge in [-0.3, -0.25) is 0 Å². The molecule has 2 rings (SSSR count). The van der Waals surface area contributed by atoms with Gasteiger partial charge in [-0.25, -0.2) is 4.79 Å². The topological polar surface area (TPSA) is 38.8 Å². The number of halogens is 2. The molecule has 1 saturated heterocycles. The highest BCUT2D eigenvalue weighted by Crippen LogP contribution is 2.29. The van der Waals surface area contributed by atoms with Crippen LogP contribution in [0.15, 0.2) is 22.7 Å². The van der Waals surface area contributed by atoms with Gasteiger partial charge in [0.2, 0.25) is 0 Å². The number of ether oxygens (including phenoxy) is 2. The van der Waals surface area contributed by atoms with Gasteiger partial charge in [0.1, 0.15) is 11.4 Å². The number of amides is 1. The van der Waals surface area contributed by atoms with Crippen molar-refractivity contribution < 1.29 is 14.3 Å². The van der Waals surface area contributed by atoms with Gasteiger partial charge in [0.05, 0.1) is 11.1 Å². The Hall–Kier alpha value is -0.940. The molecule has 1 fully saturated rings. The number of likely N-dealkylation sites (tertiary alicyclic amines) is 1. The van der Waals surface area contributed by atoms with E-state index in [0.717, 1.165) is 23.1 Å². The third kappa shape index (κ3) is 5.88. The van der Waals surface area contributed by atoms with Crippen molar-refractivity contribution in [2.75, 3.05) is 19.7 Å². The van der Waals surface area contributed by atoms with E-state index >= 15 is 0 Å². The highest BCUT2D eigenvalue weighted by molar-refractivity contribution is 9.10. The molecule has 1 aromatic carbocycles. The Morgan fingerprint density at radius 2 is 2.00 bits per heavy atom. The Kier molecular flexibility index (Phi) is 6.20. The van der Waals surface area contributed by atoms with Crippen LogP contribution in [0.2, 0.25) is 5.02 Å². The smallest absolute Gasteiger partial charge is 0.410 e. The van der Waals surface area contributed by atoms with Crippen LogP contribution in [-0.2, 0) is 4.74 Å². The zero-order valence-corrected chi connectivity index (χ0v) is 16.1. The molecule has 0 bridgehead atoms. The van der Waals surface area contributed by atoms with Crippen molar-refractivity contribution in [1.82, 2.24) is 4.90 Å². The summed E-state index contributed by atoms with van der Waals surface area (Å²) in [5, 5.41) is 0.656. The third-order valence-electron chi connectivity index (χ3n) is 3.63. The average Bonchev–Trinajstić information content (AvgIpc) is 2.47. The second-order valence-corrected chi connectivity index (χ2v) is 8.09. The lowest BCUT2D eigenvalue weighted by Gasteiger charge is -2.33. The minimum Gasteiger partial charge on any atom is -0.492 e. The van der Waals surface area contributed by atoms with Gasteiger partial charge in [-0.1, -0.05) is 11.6 Å². The quantitative estimate of drug-likeness (QED) is 0.701. The molecule has 1 amide bonds. The highest BCUT2D eigenvalue weighted by Gasteiger charge is 2.27. The maximum Gasteiger partial charge on any atom is 0.410 e. The van der Waals surface area contributed by atoms with Gasteiger partial charge in [-0.2, -0.15) is 0 Å². The van der Waals surface area contributed by atoms with Gasteiger partial charge in [0.25, 0.3) is 0 Å². The first-order valence-corrected chi connectivity index (χ1v) is 8.97. The van der Waals surface area contributed by atoms with E-state index in [1.807, 2.05) is 39.0 Å². The molecule has 0 aliphatic carbocycles. The number of rotatable bonds is 3. The van der Waals surface area contributed by atoms with Crippen LogP contribution < -0.4 is 4.74 Å². The molecule has 0 spiro atoms. The fourth-order valence-corrected chi connectivity index (χ4v) is 2.93. The molecule has 0 N–H and O–H groups in total. The first-order valence-electron chi connectivity index (χ1n) is 7.80. The predicted molar refractivity (Wildman–Crippen MR) is 95.2 cm³/mol. The zero-order chi connectivity index (χ0) is 17.0. The minimum absolute atomic E-state index is 0.227. The van der Waals surface area contributed by atoms with Crippen LogP contribution in [-0.4, -0.2) is 36.3 Å². The van der Waals surface area contributed by atoms with E-state index in [2.05, 4.69) is 15.9 Å². The van der Waals surface area contributed by atoms with Crippen LogP contribution >= 0.6 is 27.5 Å². The van der Waals surface area contributed by atoms with Crippen LogP contribution in [0, 0.1) is 5.92 Å². The summed E-state index contributed by atoms with van der Waals surface area (Å²) in [4.78, 5) is 13.8. The standard InChI is InChI=1S/C17H23BrClNO3/c1-17(2,3)23-16(21)20-8-6-12(7-9-20)11-22-15-10-13(19)4-5-14(15)18/h4-5,10,12H,6-9,11H2,1-3H3. The summed E-state index contributed by atoms with van der Waals surface area (Å²) in [5.74, 6) is 1.19. The number of carbonyl (C=O) groups is 1. The van der Waals surface area contributed by atoms with E-state index in [0.29, 0.717) is 30.6 Å². The summed E-state index contributed by atoms with van der Waals surface area (Å²) >= 11 is 9.45. The molecule has 128 valence electrons. The maximum atomic E-state index is 12.0. The van der Waals surface area contributed by atoms with E-state index in [1.165, 1.54) is 0 Å². The summed E-state index contributed by atoms with van der Waals surface area (Å²) < 4.78 is 12.2. The molecule has 0 saturated carbocycles. The molecular formula is C17H23BrClNO3. The normalized spacial score (nSPS) is 16.3. The van der Waals surface area contributed by atoms with Gasteiger partial charge < -0.3 is 14.4 Å². The van der Waals surface area contributed by atoms with E-state index < -0.39 is 5.60 Å². The average molecular weight is 405 g/mol. The lowest BCUT2D eigenvalue weighted by molar-refractivity contribution is 0.0165. The number of piperidine rings is 1. The molecule has 1 aliphatic heterocycles. The predicted octanol–water partition coefficient (Wildman–Crippen LogP) is 5.13. The fourth-order valence-electron chi connectivity index (χ4n) is 2.40. The molecule has 0 atom stereocenters. The molecule has 4 nitrogen and oxygen atoms in total. The molecule has 1 aromatic rings. The first kappa shape index (κ1) is 18.4. The summed E-state index contributed by atoms with van der Waals surface area (Å²) in [6.45, 7) is 7.69. The van der Waals surface area contributed by atoms with Crippen molar-refractivity contribution in [3.05, 3.63) is 27.7 Å². The van der Waals surface area contributed by atoms with Crippen molar-refractivity contribution >= 4 is 33.6 Å². The third-order valence-corrected chi connectivity index (χ3v) is 4.52. The Morgan fingerprint density at radius 3 is 2.61 bits per heavy atom. The Bertz CT molecular complexity index is 551. The molecule has 0 aromatic heterocycles. The van der Waals surface area contributed by atoms with Crippen molar-refractivity contribution in [3.63, 3.8) is 0 Å². The lowest BCUT2D eigenvalue weighted by atomic mass is 9.98. The van der Waals surface area contributed by atoms with Gasteiger partial charge in [0, 0.05) is 18.1 Å². The second-order valence-electron chi connectivity index (χ2n) is 6.80. The van der Waals surface area contributed by atoms with Gasteiger partial charge in [-0.05, 0) is 73.7 Å². The summed E-state index contributed by atoms with van der Waals surface area (Å²) in [7, 11) is 0. The van der Waals surface area contributed by atoms with Crippen LogP contribution in [0.25, 0.3) is 0 Å². The number of carbonyl (C=O) groups excluding carboxylic acids is 1. The Labute approximate surface area is 151 Å². The van der Waals surface area contributed by atoms with Crippen LogP contribution in [0.1, 0.15) is 33.6 Å². The number of hydrogen-bond donors (Lipinski definition) is 0. The van der Waals surface area contributed by atoms with E-state index in [-0.39, 0.29) is 6.09 Å². The summed E-state index contributed by atoms with van der Waals surface area (Å²) in [6, 6.07) is 5.50. The first-order chi connectivity index (χ1) is 10.7. The fraction of sp³-hybridized carbons (Fsp3) is 0.588. The van der Waals surface area contributed by atoms with Crippen LogP contribution in [0.5, 0.6) is 5.75 Å².